The molecule has 0 fully saturated rings. The van der Waals surface area contributed by atoms with Gasteiger partial charge < -0.3 is 15.4 Å². The number of nitrogens with one attached hydrogen (secondary N) is 2. The summed E-state index contributed by atoms with van der Waals surface area (Å²) in [4.78, 5) is 8.68. The van der Waals surface area contributed by atoms with Gasteiger partial charge in [0.25, 0.3) is 0 Å². The molecule has 0 aliphatic carbocycles. The molecule has 0 saturated heterocycles. The number of aromatic nitrogens is 1. The number of guanidine groups is 1. The maximum atomic E-state index is 5.56. The van der Waals surface area contributed by atoms with Gasteiger partial charge in [0, 0.05) is 45.2 Å². The van der Waals surface area contributed by atoms with Crippen LogP contribution in [0.1, 0.15) is 32.8 Å². The molecule has 0 atom stereocenters. The molecule has 22 heavy (non-hydrogen) atoms. The normalized spacial score (nSPS) is 11.7. The van der Waals surface area contributed by atoms with Crippen LogP contribution in [0.3, 0.4) is 0 Å². The first-order valence-corrected chi connectivity index (χ1v) is 8.21. The Hall–Kier alpha value is -1.62. The van der Waals surface area contributed by atoms with E-state index in [-0.39, 0.29) is 0 Å². The highest BCUT2D eigenvalue weighted by atomic mass is 16.5. The minimum atomic E-state index is 0.593. The number of nitrogens with zero attached hydrogens (tertiary/aromatic N) is 2. The molecule has 1 rings (SSSR count). The lowest BCUT2D eigenvalue weighted by Crippen LogP contribution is -2.38. The standard InChI is InChI=1S/C17H30N4O/c1-4-19-17(20-10-6-12-22-14-15(2)3)21-11-8-16-7-5-9-18-13-16/h5,7,9,13,15H,4,6,8,10-12,14H2,1-3H3,(H2,19,20,21). The minimum Gasteiger partial charge on any atom is -0.381 e. The molecule has 0 radical (unpaired) electrons. The van der Waals surface area contributed by atoms with Crippen molar-refractivity contribution in [3.05, 3.63) is 30.1 Å². The molecule has 0 saturated carbocycles. The van der Waals surface area contributed by atoms with Crippen LogP contribution in [-0.4, -0.2) is 43.8 Å². The van der Waals surface area contributed by atoms with E-state index in [4.69, 9.17) is 4.74 Å². The predicted octanol–water partition coefficient (Wildman–Crippen LogP) is 2.24. The second-order valence-corrected chi connectivity index (χ2v) is 5.62. The Morgan fingerprint density at radius 1 is 1.36 bits per heavy atom. The van der Waals surface area contributed by atoms with E-state index in [1.807, 2.05) is 12.3 Å². The van der Waals surface area contributed by atoms with Crippen molar-refractivity contribution in [1.82, 2.24) is 15.6 Å². The summed E-state index contributed by atoms with van der Waals surface area (Å²) in [7, 11) is 0. The third kappa shape index (κ3) is 9.34. The number of hydrogen-bond acceptors (Lipinski definition) is 3. The third-order valence-corrected chi connectivity index (χ3v) is 2.94. The van der Waals surface area contributed by atoms with Crippen LogP contribution in [0.5, 0.6) is 0 Å². The van der Waals surface area contributed by atoms with E-state index >= 15 is 0 Å². The van der Waals surface area contributed by atoms with Gasteiger partial charge in [-0.15, -0.1) is 0 Å². The van der Waals surface area contributed by atoms with Gasteiger partial charge in [0.05, 0.1) is 0 Å². The van der Waals surface area contributed by atoms with Crippen LogP contribution < -0.4 is 10.6 Å². The van der Waals surface area contributed by atoms with Gasteiger partial charge in [-0.25, -0.2) is 0 Å². The molecule has 0 aromatic carbocycles. The highest BCUT2D eigenvalue weighted by Crippen LogP contribution is 1.96. The summed E-state index contributed by atoms with van der Waals surface area (Å²) in [5.74, 6) is 1.46. The second-order valence-electron chi connectivity index (χ2n) is 5.62. The van der Waals surface area contributed by atoms with Crippen LogP contribution in [0.4, 0.5) is 0 Å². The van der Waals surface area contributed by atoms with E-state index in [1.54, 1.807) is 6.20 Å². The quantitative estimate of drug-likeness (QED) is 0.395. The average Bonchev–Trinajstić information content (AvgIpc) is 2.51. The van der Waals surface area contributed by atoms with Crippen molar-refractivity contribution in [1.29, 1.82) is 0 Å². The average molecular weight is 306 g/mol. The van der Waals surface area contributed by atoms with E-state index in [0.29, 0.717) is 5.92 Å². The molecule has 2 N–H and O–H groups in total. The van der Waals surface area contributed by atoms with Gasteiger partial charge in [-0.05, 0) is 37.3 Å². The van der Waals surface area contributed by atoms with Gasteiger partial charge in [0.2, 0.25) is 0 Å². The zero-order chi connectivity index (χ0) is 16.0. The zero-order valence-corrected chi connectivity index (χ0v) is 14.1. The summed E-state index contributed by atoms with van der Waals surface area (Å²) in [5, 5.41) is 6.61. The number of aliphatic imine (C=N–C) groups is 1. The Morgan fingerprint density at radius 2 is 2.23 bits per heavy atom. The van der Waals surface area contributed by atoms with Crippen molar-refractivity contribution in [3.8, 4) is 0 Å². The van der Waals surface area contributed by atoms with Crippen LogP contribution in [0, 0.1) is 5.92 Å². The second kappa shape index (κ2) is 12.0. The van der Waals surface area contributed by atoms with Crippen molar-refractivity contribution >= 4 is 5.96 Å². The van der Waals surface area contributed by atoms with Crippen molar-refractivity contribution in [2.45, 2.75) is 33.6 Å². The SMILES string of the molecule is CCNC(=NCCCOCC(C)C)NCCc1cccnc1. The summed E-state index contributed by atoms with van der Waals surface area (Å²) in [6, 6.07) is 4.05. The molecule has 0 unspecified atom stereocenters. The highest BCUT2D eigenvalue weighted by Gasteiger charge is 1.98. The van der Waals surface area contributed by atoms with Gasteiger partial charge in [-0.3, -0.25) is 9.98 Å². The molecule has 0 aliphatic heterocycles. The monoisotopic (exact) mass is 306 g/mol. The maximum absolute atomic E-state index is 5.56. The minimum absolute atomic E-state index is 0.593. The lowest BCUT2D eigenvalue weighted by atomic mass is 10.2. The van der Waals surface area contributed by atoms with E-state index in [1.165, 1.54) is 5.56 Å². The molecule has 1 heterocycles. The van der Waals surface area contributed by atoms with Gasteiger partial charge in [0.15, 0.2) is 5.96 Å². The van der Waals surface area contributed by atoms with Crippen LogP contribution >= 0.6 is 0 Å². The number of hydrogen-bond donors (Lipinski definition) is 2. The summed E-state index contributed by atoms with van der Waals surface area (Å²) in [6.45, 7) is 10.5. The van der Waals surface area contributed by atoms with Gasteiger partial charge in [0.1, 0.15) is 0 Å². The highest BCUT2D eigenvalue weighted by molar-refractivity contribution is 5.79. The van der Waals surface area contributed by atoms with E-state index in [0.717, 1.165) is 51.6 Å². The van der Waals surface area contributed by atoms with E-state index < -0.39 is 0 Å². The molecule has 5 heteroatoms. The topological polar surface area (TPSA) is 58.5 Å². The molecule has 0 aliphatic rings. The van der Waals surface area contributed by atoms with E-state index in [2.05, 4.69) is 47.4 Å². The van der Waals surface area contributed by atoms with Gasteiger partial charge >= 0.3 is 0 Å². The number of ether oxygens (including phenoxy) is 1. The molecule has 0 spiro atoms. The Labute approximate surface area is 134 Å². The molecular formula is C17H30N4O. The maximum Gasteiger partial charge on any atom is 0.191 e. The summed E-state index contributed by atoms with van der Waals surface area (Å²) in [5.41, 5.74) is 1.23. The van der Waals surface area contributed by atoms with E-state index in [9.17, 15) is 0 Å². The Morgan fingerprint density at radius 3 is 2.91 bits per heavy atom. The lowest BCUT2D eigenvalue weighted by molar-refractivity contribution is 0.109. The summed E-state index contributed by atoms with van der Waals surface area (Å²) in [6.07, 6.45) is 5.59. The zero-order valence-electron chi connectivity index (χ0n) is 14.1. The third-order valence-electron chi connectivity index (χ3n) is 2.94. The first-order valence-electron chi connectivity index (χ1n) is 8.21. The molecule has 124 valence electrons. The summed E-state index contributed by atoms with van der Waals surface area (Å²) >= 11 is 0. The first-order chi connectivity index (χ1) is 10.7. The molecule has 5 nitrogen and oxygen atoms in total. The summed E-state index contributed by atoms with van der Waals surface area (Å²) < 4.78 is 5.56. The van der Waals surface area contributed by atoms with Crippen molar-refractivity contribution in [2.75, 3.05) is 32.8 Å². The molecular weight excluding hydrogens is 276 g/mol. The largest absolute Gasteiger partial charge is 0.381 e. The first kappa shape index (κ1) is 18.4. The molecule has 0 amide bonds. The Bertz CT molecular complexity index is 406. The van der Waals surface area contributed by atoms with Crippen LogP contribution in [0.25, 0.3) is 0 Å². The fourth-order valence-corrected chi connectivity index (χ4v) is 1.89. The van der Waals surface area contributed by atoms with Crippen LogP contribution in [0.2, 0.25) is 0 Å². The van der Waals surface area contributed by atoms with Gasteiger partial charge in [-0.1, -0.05) is 19.9 Å². The van der Waals surface area contributed by atoms with Crippen molar-refractivity contribution < 1.29 is 4.74 Å². The van der Waals surface area contributed by atoms with Crippen molar-refractivity contribution in [2.24, 2.45) is 10.9 Å². The number of rotatable bonds is 10. The number of pyridine rings is 1. The smallest absolute Gasteiger partial charge is 0.191 e. The van der Waals surface area contributed by atoms with Crippen molar-refractivity contribution in [3.63, 3.8) is 0 Å². The van der Waals surface area contributed by atoms with Crippen LogP contribution in [0.15, 0.2) is 29.5 Å². The fraction of sp³-hybridized carbons (Fsp3) is 0.647. The predicted molar refractivity (Wildman–Crippen MR) is 92.2 cm³/mol. The fourth-order valence-electron chi connectivity index (χ4n) is 1.89. The Kier molecular flexibility index (Phi) is 10.0. The van der Waals surface area contributed by atoms with Gasteiger partial charge in [-0.2, -0.15) is 0 Å². The van der Waals surface area contributed by atoms with Crippen LogP contribution in [-0.2, 0) is 11.2 Å². The molecule has 1 aromatic rings. The lowest BCUT2D eigenvalue weighted by Gasteiger charge is -2.11. The molecule has 1 aromatic heterocycles. The molecule has 0 bridgehead atoms. The Balaban J connectivity index is 2.21.